The smallest absolute Gasteiger partial charge is 0.0516 e. The van der Waals surface area contributed by atoms with Gasteiger partial charge in [-0.2, -0.15) is 0 Å². The number of aryl methyl sites for hydroxylation is 1. The molecule has 0 saturated carbocycles. The van der Waals surface area contributed by atoms with Crippen LogP contribution in [-0.4, -0.2) is 33.8 Å². The number of para-hydroxylation sites is 2. The molecule has 3 heterocycles. The van der Waals surface area contributed by atoms with Crippen molar-refractivity contribution in [3.8, 4) is 11.3 Å². The van der Waals surface area contributed by atoms with E-state index in [1.54, 1.807) is 0 Å². The molecule has 0 aliphatic carbocycles. The molecule has 6 rings (SSSR count). The first-order valence-electron chi connectivity index (χ1n) is 9.72. The Labute approximate surface area is 194 Å². The Balaban J connectivity index is 0.000000517. The molecule has 0 saturated heterocycles. The fraction of sp³-hybridized carbons (Fsp3) is 0.115. The van der Waals surface area contributed by atoms with Crippen LogP contribution < -0.4 is 0 Å². The second-order valence-electron chi connectivity index (χ2n) is 6.92. The van der Waals surface area contributed by atoms with Crippen molar-refractivity contribution in [3.05, 3.63) is 84.6 Å². The van der Waals surface area contributed by atoms with Gasteiger partial charge in [0.2, 0.25) is 0 Å². The third-order valence-electron chi connectivity index (χ3n) is 5.34. The van der Waals surface area contributed by atoms with Gasteiger partial charge in [0.05, 0.1) is 5.52 Å². The van der Waals surface area contributed by atoms with Gasteiger partial charge in [-0.05, 0) is 35.2 Å². The molecule has 3 aromatic carbocycles. The van der Waals surface area contributed by atoms with Gasteiger partial charge in [0, 0.05) is 56.8 Å². The summed E-state index contributed by atoms with van der Waals surface area (Å²) in [6.07, 6.45) is 1.91. The van der Waals surface area contributed by atoms with Crippen LogP contribution in [0.2, 0.25) is 0 Å². The van der Waals surface area contributed by atoms with E-state index in [4.69, 9.17) is 10.2 Å². The first kappa shape index (κ1) is 22.9. The zero-order valence-corrected chi connectivity index (χ0v) is 19.9. The zero-order valence-electron chi connectivity index (χ0n) is 17.6. The number of rotatable bonds is 1. The van der Waals surface area contributed by atoms with Crippen molar-refractivity contribution in [1.82, 2.24) is 9.38 Å². The van der Waals surface area contributed by atoms with E-state index in [9.17, 15) is 0 Å². The van der Waals surface area contributed by atoms with Crippen molar-refractivity contribution < 1.29 is 30.3 Å². The Bertz CT molecular complexity index is 1440. The molecule has 0 unspecified atom stereocenters. The third-order valence-corrected chi connectivity index (χ3v) is 5.34. The van der Waals surface area contributed by atoms with Crippen LogP contribution >= 0.6 is 0 Å². The van der Waals surface area contributed by atoms with Gasteiger partial charge in [-0.25, -0.2) is 0 Å². The molecule has 0 aliphatic heterocycles. The average molecular weight is 588 g/mol. The number of hydrogen-bond acceptors (Lipinski definition) is 3. The normalized spacial score (nSPS) is 10.5. The molecule has 4 nitrogen and oxygen atoms in total. The summed E-state index contributed by atoms with van der Waals surface area (Å²) in [5, 5.41) is 19.2. The van der Waals surface area contributed by atoms with Crippen LogP contribution in [0.15, 0.2) is 72.9 Å². The van der Waals surface area contributed by atoms with E-state index in [-0.39, 0.29) is 20.1 Å². The van der Waals surface area contributed by atoms with Crippen LogP contribution in [-0.2, 0) is 20.1 Å². The summed E-state index contributed by atoms with van der Waals surface area (Å²) in [5.41, 5.74) is 6.92. The first-order chi connectivity index (χ1) is 14.8. The van der Waals surface area contributed by atoms with Crippen LogP contribution in [0.5, 0.6) is 0 Å². The molecule has 0 fully saturated rings. The van der Waals surface area contributed by atoms with E-state index in [2.05, 4.69) is 89.1 Å². The number of fused-ring (bicyclic) bond motifs is 6. The van der Waals surface area contributed by atoms with E-state index < -0.39 is 0 Å². The molecule has 3 aromatic heterocycles. The van der Waals surface area contributed by atoms with Crippen LogP contribution in [0.1, 0.15) is 5.56 Å². The number of benzene rings is 3. The van der Waals surface area contributed by atoms with Crippen LogP contribution in [0, 0.1) is 13.0 Å². The number of aliphatic hydroxyl groups excluding tert-OH is 2. The van der Waals surface area contributed by atoms with Gasteiger partial charge in [-0.3, -0.25) is 0 Å². The molecular weight excluding hydrogens is 565 g/mol. The van der Waals surface area contributed by atoms with Crippen LogP contribution in [0.3, 0.4) is 0 Å². The van der Waals surface area contributed by atoms with E-state index in [1.165, 1.54) is 43.7 Å². The van der Waals surface area contributed by atoms with Gasteiger partial charge in [-0.15, -0.1) is 23.8 Å². The Morgan fingerprint density at radius 3 is 2.16 bits per heavy atom. The minimum Gasteiger partial charge on any atom is -0.400 e. The fourth-order valence-corrected chi connectivity index (χ4v) is 4.15. The number of aliphatic hydroxyl groups is 2. The molecule has 0 aliphatic rings. The first-order valence-corrected chi connectivity index (χ1v) is 9.72. The molecule has 31 heavy (non-hydrogen) atoms. The second kappa shape index (κ2) is 9.54. The molecule has 159 valence electrons. The summed E-state index contributed by atoms with van der Waals surface area (Å²) in [6, 6.07) is 27.2. The predicted molar refractivity (Wildman–Crippen MR) is 124 cm³/mol. The molecule has 2 N–H and O–H groups in total. The summed E-state index contributed by atoms with van der Waals surface area (Å²) >= 11 is 0. The molecule has 6 aromatic rings. The van der Waals surface area contributed by atoms with E-state index >= 15 is 0 Å². The number of nitrogens with zero attached hydrogens (tertiary/aromatic N) is 2. The minimum absolute atomic E-state index is 0. The van der Waals surface area contributed by atoms with Crippen molar-refractivity contribution in [2.24, 2.45) is 0 Å². The Kier molecular flexibility index (Phi) is 7.04. The van der Waals surface area contributed by atoms with E-state index in [0.717, 1.165) is 25.5 Å². The van der Waals surface area contributed by atoms with Crippen molar-refractivity contribution in [3.63, 3.8) is 0 Å². The molecule has 0 bridgehead atoms. The number of pyridine rings is 1. The molecule has 0 amide bonds. The molecular formula is C26H23IrN2O2-. The quantitative estimate of drug-likeness (QED) is 0.260. The van der Waals surface area contributed by atoms with Gasteiger partial charge in [0.1, 0.15) is 0 Å². The van der Waals surface area contributed by atoms with Crippen LogP contribution in [0.4, 0.5) is 0 Å². The Hall–Kier alpha value is -2.82. The van der Waals surface area contributed by atoms with Crippen molar-refractivity contribution in [1.29, 1.82) is 0 Å². The van der Waals surface area contributed by atoms with Gasteiger partial charge in [0.15, 0.2) is 0 Å². The van der Waals surface area contributed by atoms with Crippen molar-refractivity contribution in [2.75, 3.05) is 14.2 Å². The summed E-state index contributed by atoms with van der Waals surface area (Å²) in [6.45, 7) is 2.06. The minimum atomic E-state index is 0. The zero-order chi connectivity index (χ0) is 21.3. The van der Waals surface area contributed by atoms with Gasteiger partial charge >= 0.3 is 0 Å². The topological polar surface area (TPSA) is 57.8 Å². The summed E-state index contributed by atoms with van der Waals surface area (Å²) in [5.74, 6) is 0. The Morgan fingerprint density at radius 1 is 0.774 bits per heavy atom. The maximum atomic E-state index is 7.00. The van der Waals surface area contributed by atoms with Gasteiger partial charge in [0.25, 0.3) is 0 Å². The predicted octanol–water partition coefficient (Wildman–Crippen LogP) is 5.22. The SMILES string of the molecule is CO.CO.Cc1ccc(-c2[c-]cc3c(c2)c2cccc4c5ccccc5n3c24)nc1.[Ir]. The van der Waals surface area contributed by atoms with Crippen LogP contribution in [0.25, 0.3) is 49.4 Å². The van der Waals surface area contributed by atoms with Crippen molar-refractivity contribution >= 4 is 38.1 Å². The summed E-state index contributed by atoms with van der Waals surface area (Å²) in [4.78, 5) is 4.57. The average Bonchev–Trinajstić information content (AvgIpc) is 3.34. The maximum absolute atomic E-state index is 7.00. The second-order valence-corrected chi connectivity index (χ2v) is 6.92. The standard InChI is InChI=1S/C24H15N2.2CH4O.Ir/c1-15-9-11-21(25-14-15)16-10-12-23-20(13-16)19-7-4-6-18-17-5-2-3-8-22(17)26(23)24(18)19;2*1-2;/h2-9,11-14H,1H3;2*2H,1H3;/q-1;;;. The fourth-order valence-electron chi connectivity index (χ4n) is 4.15. The van der Waals surface area contributed by atoms with Crippen molar-refractivity contribution in [2.45, 2.75) is 6.92 Å². The van der Waals surface area contributed by atoms with Gasteiger partial charge < -0.3 is 19.6 Å². The monoisotopic (exact) mass is 588 g/mol. The molecule has 0 spiro atoms. The third kappa shape index (κ3) is 3.60. The summed E-state index contributed by atoms with van der Waals surface area (Å²) < 4.78 is 2.37. The maximum Gasteiger partial charge on any atom is 0.0516 e. The van der Waals surface area contributed by atoms with Gasteiger partial charge in [-0.1, -0.05) is 53.9 Å². The molecule has 0 atom stereocenters. The number of hydrogen-bond donors (Lipinski definition) is 2. The number of aromatic nitrogens is 2. The van der Waals surface area contributed by atoms with E-state index in [1.807, 2.05) is 6.20 Å². The molecule has 5 heteroatoms. The molecule has 1 radical (unpaired) electrons. The largest absolute Gasteiger partial charge is 0.400 e. The van der Waals surface area contributed by atoms with E-state index in [0.29, 0.717) is 0 Å². The summed E-state index contributed by atoms with van der Waals surface area (Å²) in [7, 11) is 2.00. The Morgan fingerprint density at radius 2 is 1.45 bits per heavy atom.